The van der Waals surface area contributed by atoms with Crippen LogP contribution in [0.2, 0.25) is 0 Å². The van der Waals surface area contributed by atoms with Crippen LogP contribution in [0.3, 0.4) is 0 Å². The van der Waals surface area contributed by atoms with E-state index in [0.29, 0.717) is 11.1 Å². The molecule has 6 aromatic carbocycles. The maximum absolute atomic E-state index is 9.29. The molecule has 8 rings (SSSR count). The Bertz CT molecular complexity index is 2200. The normalized spacial score (nSPS) is 11.5. The third-order valence-corrected chi connectivity index (χ3v) is 8.04. The molecular weight excluding hydrogens is 514 g/mol. The summed E-state index contributed by atoms with van der Waals surface area (Å²) in [4.78, 5) is 0. The van der Waals surface area contributed by atoms with Gasteiger partial charge in [-0.2, -0.15) is 10.5 Å². The van der Waals surface area contributed by atoms with Crippen molar-refractivity contribution in [3.63, 3.8) is 0 Å². The van der Waals surface area contributed by atoms with Crippen molar-refractivity contribution in [1.29, 1.82) is 10.5 Å². The molecule has 0 spiro atoms. The van der Waals surface area contributed by atoms with E-state index in [9.17, 15) is 10.5 Å². The summed E-state index contributed by atoms with van der Waals surface area (Å²) in [5.41, 5.74) is 10.7. The topological polar surface area (TPSA) is 61.7 Å². The standard InChI is InChI=1S/C38H21N3O/c39-22-24-8-12-26(13-9-24)29-18-30(27-14-10-25(23-40)11-15-27)20-31(19-29)28-16-17-35-37(21-28)42-36-7-3-5-33-32-4-1-2-6-34(32)41(35)38(33)36/h1-21H. The van der Waals surface area contributed by atoms with Gasteiger partial charge in [0, 0.05) is 10.8 Å². The minimum Gasteiger partial charge on any atom is -0.453 e. The molecule has 0 atom stereocenters. The van der Waals surface area contributed by atoms with Crippen LogP contribution < -0.4 is 4.74 Å². The first-order chi connectivity index (χ1) is 20.7. The molecule has 42 heavy (non-hydrogen) atoms. The van der Waals surface area contributed by atoms with Gasteiger partial charge in [0.2, 0.25) is 0 Å². The van der Waals surface area contributed by atoms with Crippen molar-refractivity contribution in [2.24, 2.45) is 0 Å². The molecule has 0 fully saturated rings. The van der Waals surface area contributed by atoms with Gasteiger partial charge in [-0.3, -0.25) is 0 Å². The second kappa shape index (κ2) is 9.24. The Morgan fingerprint density at radius 2 is 1.05 bits per heavy atom. The van der Waals surface area contributed by atoms with Gasteiger partial charge in [0.15, 0.2) is 11.5 Å². The van der Waals surface area contributed by atoms with Gasteiger partial charge in [0.25, 0.3) is 0 Å². The van der Waals surface area contributed by atoms with Crippen LogP contribution >= 0.6 is 0 Å². The number of para-hydroxylation sites is 2. The molecule has 2 heterocycles. The van der Waals surface area contributed by atoms with E-state index < -0.39 is 0 Å². The molecule has 1 aromatic heterocycles. The molecule has 0 bridgehead atoms. The summed E-state index contributed by atoms with van der Waals surface area (Å²) in [5.74, 6) is 1.65. The first-order valence-corrected chi connectivity index (χ1v) is 13.7. The van der Waals surface area contributed by atoms with Crippen LogP contribution in [-0.2, 0) is 0 Å². The van der Waals surface area contributed by atoms with Gasteiger partial charge in [-0.25, -0.2) is 0 Å². The highest BCUT2D eigenvalue weighted by molar-refractivity contribution is 6.12. The van der Waals surface area contributed by atoms with Crippen molar-refractivity contribution < 1.29 is 4.74 Å². The third-order valence-electron chi connectivity index (χ3n) is 8.04. The van der Waals surface area contributed by atoms with Gasteiger partial charge in [-0.05, 0) is 100 Å². The molecule has 0 saturated heterocycles. The van der Waals surface area contributed by atoms with E-state index in [2.05, 4.69) is 83.4 Å². The van der Waals surface area contributed by atoms with Crippen LogP contribution in [0.5, 0.6) is 11.5 Å². The Kier molecular flexibility index (Phi) is 5.22. The summed E-state index contributed by atoms with van der Waals surface area (Å²) < 4.78 is 8.84. The second-order valence-electron chi connectivity index (χ2n) is 10.5. The summed E-state index contributed by atoms with van der Waals surface area (Å²) in [5, 5.41) is 21.0. The Balaban J connectivity index is 1.31. The van der Waals surface area contributed by atoms with E-state index in [1.165, 1.54) is 10.8 Å². The number of ether oxygens (including phenoxy) is 1. The number of benzene rings is 6. The highest BCUT2D eigenvalue weighted by Crippen LogP contribution is 2.46. The molecule has 4 nitrogen and oxygen atoms in total. The van der Waals surface area contributed by atoms with Gasteiger partial charge >= 0.3 is 0 Å². The molecule has 0 unspecified atom stereocenters. The third kappa shape index (κ3) is 3.68. The fourth-order valence-electron chi connectivity index (χ4n) is 6.00. The van der Waals surface area contributed by atoms with Crippen LogP contribution in [0, 0.1) is 22.7 Å². The van der Waals surface area contributed by atoms with Crippen molar-refractivity contribution in [2.75, 3.05) is 0 Å². The maximum atomic E-state index is 9.29. The summed E-state index contributed by atoms with van der Waals surface area (Å²) in [6, 6.07) is 47.3. The van der Waals surface area contributed by atoms with Crippen LogP contribution in [0.25, 0.3) is 60.9 Å². The summed E-state index contributed by atoms with van der Waals surface area (Å²) >= 11 is 0. The minimum absolute atomic E-state index is 0.626. The van der Waals surface area contributed by atoms with Crippen molar-refractivity contribution in [3.8, 4) is 62.7 Å². The van der Waals surface area contributed by atoms with Gasteiger partial charge in [-0.15, -0.1) is 0 Å². The highest BCUT2D eigenvalue weighted by atomic mass is 16.5. The van der Waals surface area contributed by atoms with E-state index >= 15 is 0 Å². The molecule has 0 radical (unpaired) electrons. The summed E-state index contributed by atoms with van der Waals surface area (Å²) in [6.07, 6.45) is 0. The fraction of sp³-hybridized carbons (Fsp3) is 0. The zero-order valence-corrected chi connectivity index (χ0v) is 22.4. The Labute approximate surface area is 242 Å². The molecule has 194 valence electrons. The number of nitriles is 2. The largest absolute Gasteiger partial charge is 0.453 e. The number of hydrogen-bond acceptors (Lipinski definition) is 3. The molecular formula is C38H21N3O. The predicted octanol–water partition coefficient (Wildman–Crippen LogP) is 9.63. The van der Waals surface area contributed by atoms with E-state index in [-0.39, 0.29) is 0 Å². The number of fused-ring (bicyclic) bond motifs is 5. The van der Waals surface area contributed by atoms with E-state index in [1.54, 1.807) is 0 Å². The first kappa shape index (κ1) is 23.8. The lowest BCUT2D eigenvalue weighted by atomic mass is 9.92. The van der Waals surface area contributed by atoms with Gasteiger partial charge in [-0.1, -0.05) is 60.7 Å². The molecule has 0 amide bonds. The van der Waals surface area contributed by atoms with Crippen molar-refractivity contribution >= 4 is 21.8 Å². The highest BCUT2D eigenvalue weighted by Gasteiger charge is 2.24. The smallest absolute Gasteiger partial charge is 0.152 e. The van der Waals surface area contributed by atoms with Crippen molar-refractivity contribution in [1.82, 2.24) is 4.57 Å². The molecule has 7 aromatic rings. The van der Waals surface area contributed by atoms with Crippen molar-refractivity contribution in [2.45, 2.75) is 0 Å². The summed E-state index contributed by atoms with van der Waals surface area (Å²) in [7, 11) is 0. The van der Waals surface area contributed by atoms with Crippen LogP contribution in [0.1, 0.15) is 11.1 Å². The lowest BCUT2D eigenvalue weighted by Gasteiger charge is -2.22. The van der Waals surface area contributed by atoms with Gasteiger partial charge in [0.1, 0.15) is 0 Å². The molecule has 0 saturated carbocycles. The first-order valence-electron chi connectivity index (χ1n) is 13.7. The number of aromatic nitrogens is 1. The quantitative estimate of drug-likeness (QED) is 0.226. The van der Waals surface area contributed by atoms with Crippen LogP contribution in [-0.4, -0.2) is 4.57 Å². The number of hydrogen-bond donors (Lipinski definition) is 0. The maximum Gasteiger partial charge on any atom is 0.152 e. The molecule has 0 N–H and O–H groups in total. The predicted molar refractivity (Wildman–Crippen MR) is 167 cm³/mol. The van der Waals surface area contributed by atoms with Crippen LogP contribution in [0.4, 0.5) is 0 Å². The lowest BCUT2D eigenvalue weighted by molar-refractivity contribution is 0.476. The second-order valence-corrected chi connectivity index (χ2v) is 10.5. The Hall–Kier alpha value is -6.10. The number of rotatable bonds is 3. The number of nitrogens with zero attached hydrogens (tertiary/aromatic N) is 3. The molecule has 1 aliphatic heterocycles. The Morgan fingerprint density at radius 1 is 0.476 bits per heavy atom. The summed E-state index contributed by atoms with van der Waals surface area (Å²) in [6.45, 7) is 0. The zero-order chi connectivity index (χ0) is 28.2. The van der Waals surface area contributed by atoms with E-state index in [4.69, 9.17) is 4.74 Å². The van der Waals surface area contributed by atoms with Gasteiger partial charge in [0.05, 0.1) is 40.0 Å². The average molecular weight is 536 g/mol. The molecule has 4 heteroatoms. The fourth-order valence-corrected chi connectivity index (χ4v) is 6.00. The lowest BCUT2D eigenvalue weighted by Crippen LogP contribution is -2.04. The monoisotopic (exact) mass is 535 g/mol. The van der Waals surface area contributed by atoms with Crippen LogP contribution in [0.15, 0.2) is 127 Å². The SMILES string of the molecule is N#Cc1ccc(-c2cc(-c3ccc(C#N)cc3)cc(-c3ccc4c(c3)Oc3cccc5c6ccccc6n-4c35)c2)cc1. The van der Waals surface area contributed by atoms with E-state index in [1.807, 2.05) is 60.7 Å². The zero-order valence-electron chi connectivity index (χ0n) is 22.4. The average Bonchev–Trinajstić information content (AvgIpc) is 3.40. The van der Waals surface area contributed by atoms with E-state index in [0.717, 1.165) is 61.6 Å². The van der Waals surface area contributed by atoms with Gasteiger partial charge < -0.3 is 9.30 Å². The Morgan fingerprint density at radius 3 is 1.69 bits per heavy atom. The van der Waals surface area contributed by atoms with Crippen molar-refractivity contribution in [3.05, 3.63) is 139 Å². The molecule has 0 aliphatic carbocycles. The molecule has 1 aliphatic rings. The minimum atomic E-state index is 0.626.